The van der Waals surface area contributed by atoms with Gasteiger partial charge in [0.1, 0.15) is 6.04 Å². The molecule has 0 aliphatic rings. The molecule has 1 aromatic carbocycles. The molecule has 0 aliphatic heterocycles. The molecule has 1 aromatic rings. The molecular weight excluding hydrogens is 246 g/mol. The monoisotopic (exact) mass is 258 g/mol. The van der Waals surface area contributed by atoms with Crippen LogP contribution in [0.3, 0.4) is 0 Å². The van der Waals surface area contributed by atoms with Crippen LogP contribution in [0, 0.1) is 11.6 Å². The minimum absolute atomic E-state index is 0.0448. The number of amides is 2. The lowest BCUT2D eigenvalue weighted by Gasteiger charge is -2.21. The highest BCUT2D eigenvalue weighted by Crippen LogP contribution is 2.13. The SMILES string of the molecule is CC(C(=O)O)N(C)C(=O)Nc1ccc(F)c(F)c1. The molecular formula is C11H12F2N2O3. The molecule has 2 amide bonds. The number of hydrogen-bond acceptors (Lipinski definition) is 2. The van der Waals surface area contributed by atoms with Gasteiger partial charge in [-0.2, -0.15) is 0 Å². The van der Waals surface area contributed by atoms with E-state index in [9.17, 15) is 18.4 Å². The van der Waals surface area contributed by atoms with Crippen molar-refractivity contribution in [1.29, 1.82) is 0 Å². The summed E-state index contributed by atoms with van der Waals surface area (Å²) >= 11 is 0. The summed E-state index contributed by atoms with van der Waals surface area (Å²) < 4.78 is 25.5. The zero-order chi connectivity index (χ0) is 13.9. The molecule has 0 aliphatic carbocycles. The molecule has 1 rings (SSSR count). The van der Waals surface area contributed by atoms with E-state index in [2.05, 4.69) is 5.32 Å². The van der Waals surface area contributed by atoms with Crippen molar-refractivity contribution in [1.82, 2.24) is 4.90 Å². The zero-order valence-electron chi connectivity index (χ0n) is 9.78. The molecule has 0 radical (unpaired) electrons. The van der Waals surface area contributed by atoms with Crippen molar-refractivity contribution in [3.05, 3.63) is 29.8 Å². The van der Waals surface area contributed by atoms with E-state index in [-0.39, 0.29) is 5.69 Å². The number of urea groups is 1. The quantitative estimate of drug-likeness (QED) is 0.870. The lowest BCUT2D eigenvalue weighted by Crippen LogP contribution is -2.42. The van der Waals surface area contributed by atoms with Gasteiger partial charge in [0, 0.05) is 18.8 Å². The zero-order valence-corrected chi connectivity index (χ0v) is 9.78. The van der Waals surface area contributed by atoms with Crippen molar-refractivity contribution in [2.75, 3.05) is 12.4 Å². The third-order valence-electron chi connectivity index (χ3n) is 2.43. The van der Waals surface area contributed by atoms with Gasteiger partial charge in [0.05, 0.1) is 0 Å². The molecule has 0 saturated carbocycles. The predicted molar refractivity (Wildman–Crippen MR) is 60.2 cm³/mol. The van der Waals surface area contributed by atoms with Crippen molar-refractivity contribution < 1.29 is 23.5 Å². The van der Waals surface area contributed by atoms with Crippen molar-refractivity contribution >= 4 is 17.7 Å². The molecule has 98 valence electrons. The maximum Gasteiger partial charge on any atom is 0.326 e. The van der Waals surface area contributed by atoms with E-state index < -0.39 is 29.7 Å². The normalized spacial score (nSPS) is 11.8. The third kappa shape index (κ3) is 3.16. The van der Waals surface area contributed by atoms with Gasteiger partial charge in [0.2, 0.25) is 0 Å². The molecule has 0 bridgehead atoms. The number of aliphatic carboxylic acids is 1. The van der Waals surface area contributed by atoms with Crippen LogP contribution in [-0.2, 0) is 4.79 Å². The number of anilines is 1. The summed E-state index contributed by atoms with van der Waals surface area (Å²) in [6.45, 7) is 1.33. The average molecular weight is 258 g/mol. The number of likely N-dealkylation sites (N-methyl/N-ethyl adjacent to an activating group) is 1. The van der Waals surface area contributed by atoms with Gasteiger partial charge in [-0.3, -0.25) is 0 Å². The van der Waals surface area contributed by atoms with E-state index in [1.165, 1.54) is 20.0 Å². The van der Waals surface area contributed by atoms with Gasteiger partial charge in [-0.15, -0.1) is 0 Å². The molecule has 7 heteroatoms. The number of carboxylic acids is 1. The second kappa shape index (κ2) is 5.44. The molecule has 1 unspecified atom stereocenters. The molecule has 2 N–H and O–H groups in total. The molecule has 0 fully saturated rings. The van der Waals surface area contributed by atoms with E-state index in [0.29, 0.717) is 0 Å². The number of rotatable bonds is 3. The van der Waals surface area contributed by atoms with Gasteiger partial charge in [-0.1, -0.05) is 0 Å². The van der Waals surface area contributed by atoms with Gasteiger partial charge in [-0.05, 0) is 19.1 Å². The van der Waals surface area contributed by atoms with E-state index in [1.54, 1.807) is 0 Å². The predicted octanol–water partition coefficient (Wildman–Crippen LogP) is 1.90. The first-order valence-corrected chi connectivity index (χ1v) is 5.04. The number of nitrogens with zero attached hydrogens (tertiary/aromatic N) is 1. The smallest absolute Gasteiger partial charge is 0.326 e. The fourth-order valence-electron chi connectivity index (χ4n) is 1.13. The molecule has 0 heterocycles. The number of carboxylic acid groups (broad SMARTS) is 1. The van der Waals surface area contributed by atoms with Crippen LogP contribution in [0.25, 0.3) is 0 Å². The van der Waals surface area contributed by atoms with Gasteiger partial charge in [-0.25, -0.2) is 18.4 Å². The van der Waals surface area contributed by atoms with Gasteiger partial charge in [0.15, 0.2) is 11.6 Å². The fourth-order valence-corrected chi connectivity index (χ4v) is 1.13. The number of halogens is 2. The van der Waals surface area contributed by atoms with Crippen molar-refractivity contribution in [3.63, 3.8) is 0 Å². The van der Waals surface area contributed by atoms with Crippen LogP contribution in [0.1, 0.15) is 6.92 Å². The number of carbonyl (C=O) groups excluding carboxylic acids is 1. The fraction of sp³-hybridized carbons (Fsp3) is 0.273. The summed E-state index contributed by atoms with van der Waals surface area (Å²) in [7, 11) is 1.29. The van der Waals surface area contributed by atoms with E-state index in [4.69, 9.17) is 5.11 Å². The highest BCUT2D eigenvalue weighted by Gasteiger charge is 2.21. The Morgan fingerprint density at radius 2 is 1.94 bits per heavy atom. The van der Waals surface area contributed by atoms with E-state index in [0.717, 1.165) is 17.0 Å². The Hall–Kier alpha value is -2.18. The average Bonchev–Trinajstić information content (AvgIpc) is 2.31. The Morgan fingerprint density at radius 1 is 1.33 bits per heavy atom. The molecule has 1 atom stereocenters. The van der Waals surface area contributed by atoms with Crippen LogP contribution in [-0.4, -0.2) is 35.1 Å². The summed E-state index contributed by atoms with van der Waals surface area (Å²) in [5.74, 6) is -3.29. The highest BCUT2D eigenvalue weighted by atomic mass is 19.2. The maximum absolute atomic E-state index is 12.9. The topological polar surface area (TPSA) is 69.6 Å². The number of benzene rings is 1. The lowest BCUT2D eigenvalue weighted by atomic mass is 10.3. The number of carbonyl (C=O) groups is 2. The van der Waals surface area contributed by atoms with Crippen LogP contribution >= 0.6 is 0 Å². The summed E-state index contributed by atoms with van der Waals surface area (Å²) in [5.41, 5.74) is 0.0448. The van der Waals surface area contributed by atoms with E-state index >= 15 is 0 Å². The molecule has 5 nitrogen and oxygen atoms in total. The lowest BCUT2D eigenvalue weighted by molar-refractivity contribution is -0.141. The van der Waals surface area contributed by atoms with Gasteiger partial charge in [0.25, 0.3) is 0 Å². The Bertz CT molecular complexity index is 479. The van der Waals surface area contributed by atoms with Crippen molar-refractivity contribution in [2.24, 2.45) is 0 Å². The molecule has 0 spiro atoms. The summed E-state index contributed by atoms with van der Waals surface area (Å²) in [5, 5.41) is 11.0. The first kappa shape index (κ1) is 13.9. The standard InChI is InChI=1S/C11H12F2N2O3/c1-6(10(16)17)15(2)11(18)14-7-3-4-8(12)9(13)5-7/h3-6H,1-2H3,(H,14,18)(H,16,17). The van der Waals surface area contributed by atoms with Crippen molar-refractivity contribution in [3.8, 4) is 0 Å². The van der Waals surface area contributed by atoms with Crippen molar-refractivity contribution in [2.45, 2.75) is 13.0 Å². The molecule has 18 heavy (non-hydrogen) atoms. The number of hydrogen-bond donors (Lipinski definition) is 2. The Kier molecular flexibility index (Phi) is 4.19. The Labute approximate surface area is 102 Å². The second-order valence-electron chi connectivity index (χ2n) is 3.68. The summed E-state index contributed by atoms with van der Waals surface area (Å²) in [6.07, 6.45) is 0. The van der Waals surface area contributed by atoms with E-state index in [1.807, 2.05) is 0 Å². The highest BCUT2D eigenvalue weighted by molar-refractivity contribution is 5.91. The van der Waals surface area contributed by atoms with Crippen LogP contribution in [0.2, 0.25) is 0 Å². The van der Waals surface area contributed by atoms with Gasteiger partial charge < -0.3 is 15.3 Å². The molecule has 0 saturated heterocycles. The second-order valence-corrected chi connectivity index (χ2v) is 3.68. The van der Waals surface area contributed by atoms with Crippen LogP contribution in [0.5, 0.6) is 0 Å². The van der Waals surface area contributed by atoms with Crippen LogP contribution < -0.4 is 5.32 Å². The first-order chi connectivity index (χ1) is 8.32. The minimum atomic E-state index is -1.17. The third-order valence-corrected chi connectivity index (χ3v) is 2.43. The minimum Gasteiger partial charge on any atom is -0.480 e. The van der Waals surface area contributed by atoms with Crippen LogP contribution in [0.4, 0.5) is 19.3 Å². The maximum atomic E-state index is 12.9. The summed E-state index contributed by atoms with van der Waals surface area (Å²) in [6, 6.07) is 1.10. The Balaban J connectivity index is 2.75. The van der Waals surface area contributed by atoms with Gasteiger partial charge >= 0.3 is 12.0 Å². The summed E-state index contributed by atoms with van der Waals surface area (Å²) in [4.78, 5) is 23.2. The molecule has 0 aromatic heterocycles. The Morgan fingerprint density at radius 3 is 2.44 bits per heavy atom. The largest absolute Gasteiger partial charge is 0.480 e. The number of nitrogens with one attached hydrogen (secondary N) is 1. The van der Waals surface area contributed by atoms with Crippen LogP contribution in [0.15, 0.2) is 18.2 Å². The first-order valence-electron chi connectivity index (χ1n) is 5.04.